The monoisotopic (exact) mass is 242 g/mol. The Balaban J connectivity index is 2.36. The molecule has 2 aromatic rings. The summed E-state index contributed by atoms with van der Waals surface area (Å²) in [6.07, 6.45) is 0. The first-order chi connectivity index (χ1) is 8.27. The third-order valence-electron chi connectivity index (χ3n) is 2.45. The van der Waals surface area contributed by atoms with Crippen LogP contribution in [-0.2, 0) is 0 Å². The Morgan fingerprint density at radius 3 is 1.65 bits per heavy atom. The van der Waals surface area contributed by atoms with Crippen LogP contribution in [0.4, 0.5) is 0 Å². The van der Waals surface area contributed by atoms with Gasteiger partial charge in [0.15, 0.2) is 5.17 Å². The summed E-state index contributed by atoms with van der Waals surface area (Å²) in [5, 5.41) is 7.70. The molecule has 2 nitrogen and oxygen atoms in total. The molecule has 3 N–H and O–H groups in total. The molecule has 0 heterocycles. The first-order valence-electron chi connectivity index (χ1n) is 5.38. The summed E-state index contributed by atoms with van der Waals surface area (Å²) in [5.74, 6) is 0. The van der Waals surface area contributed by atoms with Gasteiger partial charge < -0.3 is 5.73 Å². The first-order valence-corrected chi connectivity index (χ1v) is 6.26. The smallest absolute Gasteiger partial charge is 0.151 e. The molecule has 0 atom stereocenters. The normalized spacial score (nSPS) is 10.4. The van der Waals surface area contributed by atoms with Gasteiger partial charge in [0.2, 0.25) is 0 Å². The van der Waals surface area contributed by atoms with Gasteiger partial charge in [0, 0.05) is 0 Å². The van der Waals surface area contributed by atoms with E-state index in [2.05, 4.69) is 24.3 Å². The lowest BCUT2D eigenvalue weighted by Crippen LogP contribution is -2.08. The average Bonchev–Trinajstić information content (AvgIpc) is 2.38. The van der Waals surface area contributed by atoms with Gasteiger partial charge in [-0.1, -0.05) is 72.4 Å². The van der Waals surface area contributed by atoms with Crippen LogP contribution in [-0.4, -0.2) is 5.17 Å². The maximum atomic E-state index is 7.46. The Morgan fingerprint density at radius 2 is 1.29 bits per heavy atom. The molecule has 0 unspecified atom stereocenters. The molecule has 2 rings (SSSR count). The fourth-order valence-electron chi connectivity index (χ4n) is 1.71. The van der Waals surface area contributed by atoms with Crippen LogP contribution in [0.25, 0.3) is 0 Å². The van der Waals surface area contributed by atoms with E-state index in [1.807, 2.05) is 36.4 Å². The molecule has 17 heavy (non-hydrogen) atoms. The van der Waals surface area contributed by atoms with Crippen LogP contribution in [0.15, 0.2) is 60.7 Å². The van der Waals surface area contributed by atoms with Gasteiger partial charge in [0.1, 0.15) is 0 Å². The number of hydrogen-bond acceptors (Lipinski definition) is 2. The van der Waals surface area contributed by atoms with Crippen molar-refractivity contribution in [1.29, 1.82) is 5.41 Å². The maximum Gasteiger partial charge on any atom is 0.151 e. The first kappa shape index (κ1) is 11.7. The van der Waals surface area contributed by atoms with Crippen LogP contribution in [0.1, 0.15) is 16.4 Å². The second kappa shape index (κ2) is 5.55. The lowest BCUT2D eigenvalue weighted by molar-refractivity contribution is 1.16. The summed E-state index contributed by atoms with van der Waals surface area (Å²) >= 11 is 1.37. The number of nitrogens with two attached hydrogens (primary N) is 1. The van der Waals surface area contributed by atoms with E-state index in [0.717, 1.165) is 0 Å². The third-order valence-corrected chi connectivity index (χ3v) is 3.48. The molecular weight excluding hydrogens is 228 g/mol. The third kappa shape index (κ3) is 3.11. The van der Waals surface area contributed by atoms with Gasteiger partial charge in [-0.3, -0.25) is 5.41 Å². The number of hydrogen-bond donors (Lipinski definition) is 2. The second-order valence-corrected chi connectivity index (χ2v) is 4.83. The second-order valence-electron chi connectivity index (χ2n) is 3.68. The van der Waals surface area contributed by atoms with Gasteiger partial charge in [-0.25, -0.2) is 0 Å². The largest absolute Gasteiger partial charge is 0.379 e. The Hall–Kier alpha value is -1.74. The molecule has 0 saturated carbocycles. The van der Waals surface area contributed by atoms with Crippen molar-refractivity contribution < 1.29 is 0 Å². The topological polar surface area (TPSA) is 49.9 Å². The van der Waals surface area contributed by atoms with Crippen molar-refractivity contribution in [1.82, 2.24) is 0 Å². The van der Waals surface area contributed by atoms with Crippen molar-refractivity contribution >= 4 is 16.9 Å². The Morgan fingerprint density at radius 1 is 0.882 bits per heavy atom. The van der Waals surface area contributed by atoms with Gasteiger partial charge >= 0.3 is 0 Å². The van der Waals surface area contributed by atoms with Crippen molar-refractivity contribution in [2.24, 2.45) is 5.73 Å². The Labute approximate surface area is 105 Å². The SMILES string of the molecule is N=C(N)SC(c1ccccc1)c1ccccc1. The summed E-state index contributed by atoms with van der Waals surface area (Å²) in [4.78, 5) is 0. The number of nitrogens with one attached hydrogen (secondary N) is 1. The molecule has 3 heteroatoms. The van der Waals surface area contributed by atoms with E-state index < -0.39 is 0 Å². The quantitative estimate of drug-likeness (QED) is 0.640. The van der Waals surface area contributed by atoms with E-state index in [-0.39, 0.29) is 10.4 Å². The lowest BCUT2D eigenvalue weighted by atomic mass is 10.0. The number of rotatable bonds is 3. The minimum Gasteiger partial charge on any atom is -0.379 e. The predicted octanol–water partition coefficient (Wildman–Crippen LogP) is 3.40. The molecule has 0 spiro atoms. The highest BCUT2D eigenvalue weighted by Crippen LogP contribution is 2.34. The Bertz CT molecular complexity index is 443. The summed E-state index contributed by atoms with van der Waals surface area (Å²) in [6.45, 7) is 0. The van der Waals surface area contributed by atoms with Gasteiger partial charge in [-0.05, 0) is 11.1 Å². The van der Waals surface area contributed by atoms with Crippen LogP contribution >= 0.6 is 11.8 Å². The zero-order chi connectivity index (χ0) is 12.1. The minimum absolute atomic E-state index is 0.0925. The fourth-order valence-corrected chi connectivity index (χ4v) is 2.55. The van der Waals surface area contributed by atoms with Crippen LogP contribution in [0.5, 0.6) is 0 Å². The predicted molar refractivity (Wildman–Crippen MR) is 74.2 cm³/mol. The van der Waals surface area contributed by atoms with E-state index in [0.29, 0.717) is 0 Å². The highest BCUT2D eigenvalue weighted by molar-refractivity contribution is 8.14. The molecule has 0 radical (unpaired) electrons. The molecule has 0 saturated heterocycles. The van der Waals surface area contributed by atoms with Crippen molar-refractivity contribution in [3.63, 3.8) is 0 Å². The van der Waals surface area contributed by atoms with Crippen molar-refractivity contribution in [3.05, 3.63) is 71.8 Å². The fraction of sp³-hybridized carbons (Fsp3) is 0.0714. The molecule has 0 fully saturated rings. The van der Waals surface area contributed by atoms with E-state index in [1.54, 1.807) is 0 Å². The van der Waals surface area contributed by atoms with E-state index in [9.17, 15) is 0 Å². The summed E-state index contributed by atoms with van der Waals surface area (Å²) in [5.41, 5.74) is 7.85. The molecule has 0 aromatic heterocycles. The van der Waals surface area contributed by atoms with Crippen LogP contribution in [0.2, 0.25) is 0 Å². The molecule has 0 amide bonds. The summed E-state index contributed by atoms with van der Waals surface area (Å²) in [6, 6.07) is 20.3. The van der Waals surface area contributed by atoms with Gasteiger partial charge in [-0.15, -0.1) is 0 Å². The maximum absolute atomic E-state index is 7.46. The highest BCUT2D eigenvalue weighted by Gasteiger charge is 2.15. The van der Waals surface area contributed by atoms with Crippen LogP contribution in [0.3, 0.4) is 0 Å². The Kier molecular flexibility index (Phi) is 3.83. The number of amidine groups is 1. The summed E-state index contributed by atoms with van der Waals surface area (Å²) in [7, 11) is 0. The van der Waals surface area contributed by atoms with E-state index in [1.165, 1.54) is 22.9 Å². The molecule has 86 valence electrons. The van der Waals surface area contributed by atoms with Crippen LogP contribution < -0.4 is 5.73 Å². The van der Waals surface area contributed by atoms with E-state index >= 15 is 0 Å². The minimum atomic E-state index is 0.0925. The molecule has 2 aromatic carbocycles. The van der Waals surface area contributed by atoms with Gasteiger partial charge in [0.25, 0.3) is 0 Å². The molecule has 0 aliphatic rings. The lowest BCUT2D eigenvalue weighted by Gasteiger charge is -2.16. The molecule has 0 bridgehead atoms. The zero-order valence-electron chi connectivity index (χ0n) is 9.34. The zero-order valence-corrected chi connectivity index (χ0v) is 10.2. The van der Waals surface area contributed by atoms with Crippen molar-refractivity contribution in [3.8, 4) is 0 Å². The highest BCUT2D eigenvalue weighted by atomic mass is 32.2. The standard InChI is InChI=1S/C14H14N2S/c15-14(16)17-13(11-7-3-1-4-8-11)12-9-5-2-6-10-12/h1-10,13H,(H3,15,16). The average molecular weight is 242 g/mol. The molecule has 0 aliphatic heterocycles. The summed E-state index contributed by atoms with van der Waals surface area (Å²) < 4.78 is 0. The van der Waals surface area contributed by atoms with Gasteiger partial charge in [0.05, 0.1) is 5.25 Å². The molecule has 0 aliphatic carbocycles. The van der Waals surface area contributed by atoms with E-state index in [4.69, 9.17) is 11.1 Å². The van der Waals surface area contributed by atoms with Crippen molar-refractivity contribution in [2.75, 3.05) is 0 Å². The van der Waals surface area contributed by atoms with Crippen LogP contribution in [0, 0.1) is 5.41 Å². The number of thioether (sulfide) groups is 1. The van der Waals surface area contributed by atoms with Gasteiger partial charge in [-0.2, -0.15) is 0 Å². The number of benzene rings is 2. The molecular formula is C14H14N2S. The van der Waals surface area contributed by atoms with Crippen molar-refractivity contribution in [2.45, 2.75) is 5.25 Å².